The molecule has 96 valence electrons. The average molecular weight is 259 g/mol. The molecule has 3 nitrogen and oxygen atoms in total. The maximum absolute atomic E-state index is 12.1. The van der Waals surface area contributed by atoms with Crippen molar-refractivity contribution in [1.82, 2.24) is 0 Å². The van der Waals surface area contributed by atoms with E-state index in [4.69, 9.17) is 21.1 Å². The fourth-order valence-electron chi connectivity index (χ4n) is 4.07. The highest BCUT2D eigenvalue weighted by Crippen LogP contribution is 2.52. The number of alkyl halides is 1. The van der Waals surface area contributed by atoms with E-state index in [0.29, 0.717) is 30.1 Å². The summed E-state index contributed by atoms with van der Waals surface area (Å²) in [4.78, 5) is 12.1. The molecule has 0 aromatic rings. The van der Waals surface area contributed by atoms with Gasteiger partial charge in [-0.25, -0.2) is 0 Å². The number of halogens is 1. The molecule has 4 aliphatic carbocycles. The minimum absolute atomic E-state index is 0.116. The Labute approximate surface area is 107 Å². The van der Waals surface area contributed by atoms with Gasteiger partial charge in [0.15, 0.2) is 0 Å². The standard InChI is InChI=1S/C13H19ClO3/c14-1-2-16-7-17-13-10-4-8-3-9(6-10)12(15)11(13)5-8/h8-11,13H,1-7H2. The van der Waals surface area contributed by atoms with Crippen LogP contribution in [0.3, 0.4) is 0 Å². The first kappa shape index (κ1) is 11.9. The number of ketones is 1. The Morgan fingerprint density at radius 2 is 2.12 bits per heavy atom. The molecule has 4 fully saturated rings. The zero-order chi connectivity index (χ0) is 11.8. The van der Waals surface area contributed by atoms with Crippen molar-refractivity contribution >= 4 is 17.4 Å². The topological polar surface area (TPSA) is 35.5 Å². The molecule has 0 aromatic carbocycles. The van der Waals surface area contributed by atoms with Crippen molar-refractivity contribution in [2.45, 2.75) is 31.8 Å². The summed E-state index contributed by atoms with van der Waals surface area (Å²) in [5.74, 6) is 2.83. The zero-order valence-corrected chi connectivity index (χ0v) is 10.7. The molecule has 5 unspecified atom stereocenters. The molecule has 0 amide bonds. The van der Waals surface area contributed by atoms with E-state index in [0.717, 1.165) is 25.2 Å². The second kappa shape index (κ2) is 4.87. The summed E-state index contributed by atoms with van der Waals surface area (Å²) in [6.07, 6.45) is 4.60. The summed E-state index contributed by atoms with van der Waals surface area (Å²) in [6, 6.07) is 0. The largest absolute Gasteiger partial charge is 0.354 e. The average Bonchev–Trinajstić information content (AvgIpc) is 2.33. The summed E-state index contributed by atoms with van der Waals surface area (Å²) in [5.41, 5.74) is 0. The van der Waals surface area contributed by atoms with Crippen LogP contribution in [0.15, 0.2) is 0 Å². The third kappa shape index (κ3) is 2.13. The van der Waals surface area contributed by atoms with Gasteiger partial charge in [-0.15, -0.1) is 11.6 Å². The number of hydrogen-bond donors (Lipinski definition) is 0. The Hall–Kier alpha value is -0.120. The Balaban J connectivity index is 1.59. The van der Waals surface area contributed by atoms with Crippen molar-refractivity contribution in [2.24, 2.45) is 23.7 Å². The second-order valence-electron chi connectivity index (χ2n) is 5.62. The van der Waals surface area contributed by atoms with Crippen LogP contribution in [-0.4, -0.2) is 31.2 Å². The van der Waals surface area contributed by atoms with Gasteiger partial charge in [-0.2, -0.15) is 0 Å². The predicted molar refractivity (Wildman–Crippen MR) is 63.8 cm³/mol. The number of hydrogen-bond acceptors (Lipinski definition) is 3. The predicted octanol–water partition coefficient (Wildman–Crippen LogP) is 2.22. The van der Waals surface area contributed by atoms with E-state index in [-0.39, 0.29) is 18.8 Å². The first-order chi connectivity index (χ1) is 8.29. The van der Waals surface area contributed by atoms with E-state index >= 15 is 0 Å². The molecule has 0 N–H and O–H groups in total. The lowest BCUT2D eigenvalue weighted by molar-refractivity contribution is -0.181. The molecule has 0 aliphatic heterocycles. The molecule has 0 spiro atoms. The highest BCUT2D eigenvalue weighted by Gasteiger charge is 2.53. The van der Waals surface area contributed by atoms with Crippen LogP contribution in [0.4, 0.5) is 0 Å². The smallest absolute Gasteiger partial charge is 0.147 e. The lowest BCUT2D eigenvalue weighted by Gasteiger charge is -2.52. The van der Waals surface area contributed by atoms with Gasteiger partial charge in [-0.05, 0) is 37.5 Å². The summed E-state index contributed by atoms with van der Waals surface area (Å²) in [7, 11) is 0. The van der Waals surface area contributed by atoms with E-state index in [1.54, 1.807) is 0 Å². The lowest BCUT2D eigenvalue weighted by Crippen LogP contribution is -2.55. The Morgan fingerprint density at radius 1 is 1.24 bits per heavy atom. The molecule has 4 aliphatic rings. The molecular formula is C13H19ClO3. The number of rotatable bonds is 5. The summed E-state index contributed by atoms with van der Waals surface area (Å²) in [5, 5.41) is 0. The van der Waals surface area contributed by atoms with Crippen LogP contribution < -0.4 is 0 Å². The molecular weight excluding hydrogens is 240 g/mol. The first-order valence-electron chi connectivity index (χ1n) is 6.58. The van der Waals surface area contributed by atoms with Crippen molar-refractivity contribution in [2.75, 3.05) is 19.3 Å². The van der Waals surface area contributed by atoms with Crippen molar-refractivity contribution in [3.63, 3.8) is 0 Å². The number of carbonyl (C=O) groups excluding carboxylic acids is 1. The number of Topliss-reactive ketones (excluding diaryl/α,β-unsaturated/α-hetero) is 1. The number of ether oxygens (including phenoxy) is 2. The molecule has 0 aromatic heterocycles. The molecule has 17 heavy (non-hydrogen) atoms. The van der Waals surface area contributed by atoms with E-state index in [2.05, 4.69) is 0 Å². The van der Waals surface area contributed by atoms with Crippen LogP contribution >= 0.6 is 11.6 Å². The van der Waals surface area contributed by atoms with Crippen molar-refractivity contribution in [1.29, 1.82) is 0 Å². The maximum Gasteiger partial charge on any atom is 0.147 e. The third-order valence-corrected chi connectivity index (χ3v) is 4.78. The van der Waals surface area contributed by atoms with Crippen LogP contribution in [-0.2, 0) is 14.3 Å². The third-order valence-electron chi connectivity index (χ3n) is 4.62. The van der Waals surface area contributed by atoms with Crippen molar-refractivity contribution in [3.8, 4) is 0 Å². The van der Waals surface area contributed by atoms with Gasteiger partial charge in [0, 0.05) is 17.7 Å². The first-order valence-corrected chi connectivity index (χ1v) is 7.12. The Kier molecular flexibility index (Phi) is 3.42. The molecule has 0 radical (unpaired) electrons. The van der Waals surface area contributed by atoms with Crippen molar-refractivity contribution in [3.05, 3.63) is 0 Å². The Morgan fingerprint density at radius 3 is 2.94 bits per heavy atom. The molecule has 4 heteroatoms. The molecule has 4 rings (SSSR count). The minimum atomic E-state index is 0.116. The van der Waals surface area contributed by atoms with Gasteiger partial charge >= 0.3 is 0 Å². The van der Waals surface area contributed by atoms with Gasteiger partial charge in [-0.1, -0.05) is 0 Å². The minimum Gasteiger partial charge on any atom is -0.354 e. The maximum atomic E-state index is 12.1. The second-order valence-corrected chi connectivity index (χ2v) is 6.00. The normalized spacial score (nSPS) is 43.4. The summed E-state index contributed by atoms with van der Waals surface area (Å²) >= 11 is 5.53. The van der Waals surface area contributed by atoms with Gasteiger partial charge in [-0.3, -0.25) is 4.79 Å². The van der Waals surface area contributed by atoms with E-state index in [1.165, 1.54) is 6.42 Å². The fraction of sp³-hybridized carbons (Fsp3) is 0.923. The van der Waals surface area contributed by atoms with E-state index in [1.807, 2.05) is 0 Å². The van der Waals surface area contributed by atoms with Gasteiger partial charge in [0.1, 0.15) is 12.6 Å². The summed E-state index contributed by atoms with van der Waals surface area (Å²) < 4.78 is 11.0. The van der Waals surface area contributed by atoms with E-state index in [9.17, 15) is 4.79 Å². The highest BCUT2D eigenvalue weighted by molar-refractivity contribution is 6.17. The molecule has 5 atom stereocenters. The number of carbonyl (C=O) groups is 1. The quantitative estimate of drug-likeness (QED) is 0.431. The van der Waals surface area contributed by atoms with Gasteiger partial charge in [0.2, 0.25) is 0 Å². The Bertz CT molecular complexity index is 307. The van der Waals surface area contributed by atoms with Crippen LogP contribution in [0.25, 0.3) is 0 Å². The van der Waals surface area contributed by atoms with Gasteiger partial charge < -0.3 is 9.47 Å². The summed E-state index contributed by atoms with van der Waals surface area (Å²) in [6.45, 7) is 0.801. The SMILES string of the molecule is O=C1C2CC3CC(C2)C(OCOCCCl)C1C3. The van der Waals surface area contributed by atoms with Crippen LogP contribution in [0.1, 0.15) is 25.7 Å². The molecule has 0 saturated heterocycles. The lowest BCUT2D eigenvalue weighted by atomic mass is 9.54. The molecule has 0 heterocycles. The fourth-order valence-corrected chi connectivity index (χ4v) is 4.18. The van der Waals surface area contributed by atoms with Gasteiger partial charge in [0.05, 0.1) is 12.7 Å². The van der Waals surface area contributed by atoms with Crippen molar-refractivity contribution < 1.29 is 14.3 Å². The van der Waals surface area contributed by atoms with Crippen LogP contribution in [0.2, 0.25) is 0 Å². The van der Waals surface area contributed by atoms with Crippen LogP contribution in [0.5, 0.6) is 0 Å². The van der Waals surface area contributed by atoms with Gasteiger partial charge in [0.25, 0.3) is 0 Å². The zero-order valence-electron chi connectivity index (χ0n) is 9.94. The molecule has 4 saturated carbocycles. The van der Waals surface area contributed by atoms with E-state index < -0.39 is 0 Å². The van der Waals surface area contributed by atoms with Crippen LogP contribution in [0, 0.1) is 23.7 Å². The highest BCUT2D eigenvalue weighted by atomic mass is 35.5. The molecule has 4 bridgehead atoms. The monoisotopic (exact) mass is 258 g/mol.